The highest BCUT2D eigenvalue weighted by Crippen LogP contribution is 2.36. The first kappa shape index (κ1) is 18.0. The summed E-state index contributed by atoms with van der Waals surface area (Å²) in [5.74, 6) is -1.76. The number of hydrogen-bond acceptors (Lipinski definition) is 5. The smallest absolute Gasteiger partial charge is 0.248 e. The van der Waals surface area contributed by atoms with Crippen molar-refractivity contribution in [2.75, 3.05) is 11.9 Å². The van der Waals surface area contributed by atoms with Crippen molar-refractivity contribution in [2.45, 2.75) is 31.6 Å². The highest BCUT2D eigenvalue weighted by molar-refractivity contribution is 5.95. The van der Waals surface area contributed by atoms with Gasteiger partial charge in [0.25, 0.3) is 0 Å². The number of fused-ring (bicyclic) bond motifs is 2. The van der Waals surface area contributed by atoms with Crippen molar-refractivity contribution in [3.63, 3.8) is 0 Å². The summed E-state index contributed by atoms with van der Waals surface area (Å²) in [6.07, 6.45) is 4.69. The third-order valence-corrected chi connectivity index (χ3v) is 5.74. The van der Waals surface area contributed by atoms with E-state index in [1.54, 1.807) is 10.9 Å². The Labute approximate surface area is 165 Å². The Morgan fingerprint density at radius 1 is 1.28 bits per heavy atom. The van der Waals surface area contributed by atoms with E-state index in [9.17, 15) is 8.78 Å². The van der Waals surface area contributed by atoms with Crippen LogP contribution >= 0.6 is 0 Å². The van der Waals surface area contributed by atoms with Crippen LogP contribution in [0.4, 0.5) is 14.7 Å². The molecule has 0 unspecified atom stereocenters. The molecule has 2 N–H and O–H groups in total. The highest BCUT2D eigenvalue weighted by atomic mass is 19.3. The number of rotatable bonds is 4. The number of nitrogens with zero attached hydrogens (tertiary/aromatic N) is 5. The van der Waals surface area contributed by atoms with Gasteiger partial charge in [0.15, 0.2) is 0 Å². The highest BCUT2D eigenvalue weighted by Gasteiger charge is 2.34. The van der Waals surface area contributed by atoms with E-state index < -0.39 is 5.92 Å². The lowest BCUT2D eigenvalue weighted by molar-refractivity contribution is -0.0443. The van der Waals surface area contributed by atoms with Crippen LogP contribution in [0.2, 0.25) is 0 Å². The van der Waals surface area contributed by atoms with Gasteiger partial charge in [-0.05, 0) is 36.5 Å². The molecule has 7 nitrogen and oxygen atoms in total. The lowest BCUT2D eigenvalue weighted by Crippen LogP contribution is -2.28. The molecule has 3 heterocycles. The summed E-state index contributed by atoms with van der Waals surface area (Å²) in [6, 6.07) is 5.99. The molecule has 9 heteroatoms. The quantitative estimate of drug-likeness (QED) is 0.541. The third-order valence-electron chi connectivity index (χ3n) is 5.74. The first-order valence-electron chi connectivity index (χ1n) is 9.74. The molecule has 1 fully saturated rings. The maximum absolute atomic E-state index is 13.3. The van der Waals surface area contributed by atoms with E-state index >= 15 is 0 Å². The number of benzene rings is 1. The van der Waals surface area contributed by atoms with E-state index in [0.717, 1.165) is 33.2 Å². The zero-order valence-corrected chi connectivity index (χ0v) is 16.0. The van der Waals surface area contributed by atoms with E-state index in [-0.39, 0.29) is 18.8 Å². The molecule has 4 aromatic rings. The van der Waals surface area contributed by atoms with Crippen molar-refractivity contribution >= 4 is 28.0 Å². The molecular weight excluding hydrogens is 376 g/mol. The van der Waals surface area contributed by atoms with Gasteiger partial charge in [-0.1, -0.05) is 11.3 Å². The summed E-state index contributed by atoms with van der Waals surface area (Å²) >= 11 is 0. The summed E-state index contributed by atoms with van der Waals surface area (Å²) in [4.78, 5) is 12.2. The van der Waals surface area contributed by atoms with Crippen LogP contribution in [-0.2, 0) is 7.05 Å². The van der Waals surface area contributed by atoms with Gasteiger partial charge in [0, 0.05) is 49.8 Å². The number of halogens is 2. The largest absolute Gasteiger partial charge is 0.354 e. The first-order valence-corrected chi connectivity index (χ1v) is 9.74. The van der Waals surface area contributed by atoms with Crippen molar-refractivity contribution in [3.05, 3.63) is 30.6 Å². The molecule has 1 aliphatic rings. The second kappa shape index (κ2) is 6.75. The van der Waals surface area contributed by atoms with Crippen molar-refractivity contribution < 1.29 is 8.78 Å². The fourth-order valence-electron chi connectivity index (χ4n) is 3.97. The zero-order chi connectivity index (χ0) is 20.0. The Bertz CT molecular complexity index is 1170. The Morgan fingerprint density at radius 2 is 2.10 bits per heavy atom. The minimum absolute atomic E-state index is 0.0320. The molecule has 0 radical (unpaired) electrons. The van der Waals surface area contributed by atoms with Crippen molar-refractivity contribution in [1.29, 1.82) is 0 Å². The molecule has 29 heavy (non-hydrogen) atoms. The predicted molar refractivity (Wildman–Crippen MR) is 107 cm³/mol. The normalized spacial score (nSPS) is 17.2. The number of alkyl halides is 2. The molecular formula is C20H21F2N7. The van der Waals surface area contributed by atoms with E-state index in [1.807, 2.05) is 31.4 Å². The molecule has 0 saturated heterocycles. The minimum Gasteiger partial charge on any atom is -0.354 e. The number of anilines is 1. The molecule has 0 atom stereocenters. The van der Waals surface area contributed by atoms with Crippen LogP contribution in [0, 0.1) is 5.92 Å². The van der Waals surface area contributed by atoms with E-state index in [2.05, 4.69) is 30.6 Å². The molecule has 0 aliphatic heterocycles. The SMILES string of the molecule is Cn1nnc2ccc(-c3c[nH]c4nc(NCC5CCC(F)(F)CC5)ncc34)cc21. The fourth-order valence-corrected chi connectivity index (χ4v) is 3.97. The molecule has 150 valence electrons. The third kappa shape index (κ3) is 3.41. The van der Waals surface area contributed by atoms with Crippen LogP contribution in [0.15, 0.2) is 30.6 Å². The first-order chi connectivity index (χ1) is 14.0. The fraction of sp³-hybridized carbons (Fsp3) is 0.400. The monoisotopic (exact) mass is 397 g/mol. The number of hydrogen-bond donors (Lipinski definition) is 2. The summed E-state index contributed by atoms with van der Waals surface area (Å²) in [7, 11) is 1.86. The van der Waals surface area contributed by atoms with Crippen LogP contribution in [-0.4, -0.2) is 42.4 Å². The summed E-state index contributed by atoms with van der Waals surface area (Å²) in [5.41, 5.74) is 4.56. The summed E-state index contributed by atoms with van der Waals surface area (Å²) < 4.78 is 28.3. The van der Waals surface area contributed by atoms with Crippen LogP contribution in [0.25, 0.3) is 33.2 Å². The Morgan fingerprint density at radius 3 is 2.93 bits per heavy atom. The van der Waals surface area contributed by atoms with Crippen molar-refractivity contribution in [1.82, 2.24) is 29.9 Å². The van der Waals surface area contributed by atoms with Gasteiger partial charge in [0.05, 0.1) is 5.52 Å². The number of aromatic nitrogens is 6. The van der Waals surface area contributed by atoms with Gasteiger partial charge in [-0.3, -0.25) is 0 Å². The number of aryl methyl sites for hydroxylation is 1. The van der Waals surface area contributed by atoms with Crippen molar-refractivity contribution in [3.8, 4) is 11.1 Å². The average Bonchev–Trinajstić information content (AvgIpc) is 3.30. The predicted octanol–water partition coefficient (Wildman–Crippen LogP) is 4.14. The van der Waals surface area contributed by atoms with Crippen LogP contribution in [0.5, 0.6) is 0 Å². The topological polar surface area (TPSA) is 84.3 Å². The van der Waals surface area contributed by atoms with Crippen LogP contribution in [0.1, 0.15) is 25.7 Å². The van der Waals surface area contributed by atoms with Gasteiger partial charge in [0.1, 0.15) is 11.2 Å². The number of aromatic amines is 1. The Balaban J connectivity index is 1.35. The molecule has 0 bridgehead atoms. The molecule has 0 amide bonds. The van der Waals surface area contributed by atoms with Gasteiger partial charge in [0.2, 0.25) is 11.9 Å². The van der Waals surface area contributed by atoms with Gasteiger partial charge in [-0.25, -0.2) is 18.4 Å². The maximum atomic E-state index is 13.3. The molecule has 3 aromatic heterocycles. The lowest BCUT2D eigenvalue weighted by Gasteiger charge is -2.28. The van der Waals surface area contributed by atoms with Gasteiger partial charge in [-0.15, -0.1) is 5.10 Å². The lowest BCUT2D eigenvalue weighted by atomic mass is 9.87. The minimum atomic E-state index is -2.50. The van der Waals surface area contributed by atoms with Crippen LogP contribution < -0.4 is 5.32 Å². The molecule has 5 rings (SSSR count). The van der Waals surface area contributed by atoms with E-state index in [0.29, 0.717) is 25.3 Å². The molecule has 1 aliphatic carbocycles. The molecule has 1 saturated carbocycles. The second-order valence-electron chi connectivity index (χ2n) is 7.76. The van der Waals surface area contributed by atoms with Gasteiger partial charge >= 0.3 is 0 Å². The maximum Gasteiger partial charge on any atom is 0.248 e. The van der Waals surface area contributed by atoms with Gasteiger partial charge < -0.3 is 10.3 Å². The van der Waals surface area contributed by atoms with Gasteiger partial charge in [-0.2, -0.15) is 4.98 Å². The van der Waals surface area contributed by atoms with E-state index in [4.69, 9.17) is 0 Å². The van der Waals surface area contributed by atoms with Crippen molar-refractivity contribution in [2.24, 2.45) is 13.0 Å². The average molecular weight is 397 g/mol. The summed E-state index contributed by atoms with van der Waals surface area (Å²) in [5, 5.41) is 12.3. The Hall–Kier alpha value is -3.10. The number of nitrogens with one attached hydrogen (secondary N) is 2. The number of H-pyrrole nitrogens is 1. The standard InChI is InChI=1S/C20H21F2N7/c1-29-17-8-13(2-3-16(17)27-28-29)14-10-23-18-15(14)11-25-19(26-18)24-9-12-4-6-20(21,22)7-5-12/h2-3,8,10-12H,4-7,9H2,1H3,(H2,23,24,25,26). The second-order valence-corrected chi connectivity index (χ2v) is 7.76. The molecule has 1 aromatic carbocycles. The zero-order valence-electron chi connectivity index (χ0n) is 16.0. The van der Waals surface area contributed by atoms with Crippen LogP contribution in [0.3, 0.4) is 0 Å². The summed E-state index contributed by atoms with van der Waals surface area (Å²) in [6.45, 7) is 0.610. The van der Waals surface area contributed by atoms with E-state index in [1.165, 1.54) is 0 Å². The molecule has 0 spiro atoms. The Kier molecular flexibility index (Phi) is 4.18.